The van der Waals surface area contributed by atoms with Crippen LogP contribution in [0, 0.1) is 5.92 Å². The summed E-state index contributed by atoms with van der Waals surface area (Å²) in [4.78, 5) is 15.0. The maximum Gasteiger partial charge on any atom is 0.273 e. The van der Waals surface area contributed by atoms with Crippen molar-refractivity contribution in [3.05, 3.63) is 65.4 Å². The fraction of sp³-hybridized carbons (Fsp3) is 0.360. The molecule has 168 valence electrons. The van der Waals surface area contributed by atoms with Gasteiger partial charge in [-0.3, -0.25) is 9.89 Å². The number of aromatic amines is 1. The minimum absolute atomic E-state index is 0.120. The lowest BCUT2D eigenvalue weighted by atomic mass is 9.95. The predicted octanol–water partition coefficient (Wildman–Crippen LogP) is 4.40. The van der Waals surface area contributed by atoms with Crippen LogP contribution in [0.4, 0.5) is 0 Å². The Morgan fingerprint density at radius 2 is 1.97 bits per heavy atom. The summed E-state index contributed by atoms with van der Waals surface area (Å²) in [5.74, 6) is 1.31. The number of carbonyl (C=O) groups excluding carboxylic acids is 1. The number of aromatic hydroxyl groups is 1. The number of hydrogen-bond acceptors (Lipinski definition) is 5. The Hall–Kier alpha value is -3.32. The number of ether oxygens (including phenoxy) is 2. The molecule has 0 saturated carbocycles. The van der Waals surface area contributed by atoms with Crippen molar-refractivity contribution in [1.82, 2.24) is 15.1 Å². The van der Waals surface area contributed by atoms with Crippen LogP contribution in [0.5, 0.6) is 11.5 Å². The number of para-hydroxylation sites is 1. The van der Waals surface area contributed by atoms with Crippen LogP contribution in [-0.4, -0.2) is 53.0 Å². The van der Waals surface area contributed by atoms with Crippen LogP contribution < -0.4 is 4.74 Å². The highest BCUT2D eigenvalue weighted by atomic mass is 16.5. The van der Waals surface area contributed by atoms with Crippen molar-refractivity contribution >= 4 is 5.91 Å². The number of phenolic OH excluding ortho intramolecular Hbond substituents is 1. The third-order valence-corrected chi connectivity index (χ3v) is 5.70. The van der Waals surface area contributed by atoms with E-state index in [2.05, 4.69) is 24.0 Å². The Labute approximate surface area is 188 Å². The van der Waals surface area contributed by atoms with E-state index in [0.717, 1.165) is 23.3 Å². The first-order valence-electron chi connectivity index (χ1n) is 10.9. The molecule has 0 spiro atoms. The Kier molecular flexibility index (Phi) is 6.46. The van der Waals surface area contributed by atoms with Gasteiger partial charge in [0.2, 0.25) is 0 Å². The second kappa shape index (κ2) is 9.44. The van der Waals surface area contributed by atoms with Crippen LogP contribution in [0.3, 0.4) is 0 Å². The number of nitrogens with zero attached hydrogens (tertiary/aromatic N) is 2. The summed E-state index contributed by atoms with van der Waals surface area (Å²) in [6, 6.07) is 14.5. The van der Waals surface area contributed by atoms with Crippen molar-refractivity contribution < 1.29 is 19.4 Å². The summed E-state index contributed by atoms with van der Waals surface area (Å²) in [6.45, 7) is 5.81. The minimum Gasteiger partial charge on any atom is -0.507 e. The molecule has 7 heteroatoms. The van der Waals surface area contributed by atoms with Crippen molar-refractivity contribution in [2.45, 2.75) is 26.3 Å². The lowest BCUT2D eigenvalue weighted by Gasteiger charge is -2.26. The second-order valence-corrected chi connectivity index (χ2v) is 8.38. The van der Waals surface area contributed by atoms with Crippen LogP contribution >= 0.6 is 0 Å². The summed E-state index contributed by atoms with van der Waals surface area (Å²) in [5.41, 5.74) is 3.28. The van der Waals surface area contributed by atoms with Crippen molar-refractivity contribution in [3.63, 3.8) is 0 Å². The van der Waals surface area contributed by atoms with Gasteiger partial charge in [-0.15, -0.1) is 0 Å². The van der Waals surface area contributed by atoms with Gasteiger partial charge in [0.05, 0.1) is 19.3 Å². The average molecular weight is 436 g/mol. The summed E-state index contributed by atoms with van der Waals surface area (Å²) >= 11 is 0. The molecule has 0 saturated heterocycles. The number of benzene rings is 2. The van der Waals surface area contributed by atoms with Gasteiger partial charge in [-0.25, -0.2) is 0 Å². The van der Waals surface area contributed by atoms with Gasteiger partial charge in [0.15, 0.2) is 0 Å². The molecule has 0 aliphatic carbocycles. The number of aromatic nitrogens is 2. The number of hydrogen-bond donors (Lipinski definition) is 2. The molecule has 4 rings (SSSR count). The van der Waals surface area contributed by atoms with Gasteiger partial charge in [0.25, 0.3) is 5.91 Å². The third kappa shape index (κ3) is 4.21. The van der Waals surface area contributed by atoms with E-state index in [1.54, 1.807) is 30.2 Å². The number of carbonyl (C=O) groups is 1. The molecule has 1 amide bonds. The molecule has 3 aromatic rings. The Balaban J connectivity index is 1.76. The van der Waals surface area contributed by atoms with E-state index in [9.17, 15) is 9.90 Å². The van der Waals surface area contributed by atoms with Crippen LogP contribution in [-0.2, 0) is 4.74 Å². The van der Waals surface area contributed by atoms with E-state index < -0.39 is 0 Å². The van der Waals surface area contributed by atoms with Gasteiger partial charge in [0, 0.05) is 24.8 Å². The first kappa shape index (κ1) is 21.9. The van der Waals surface area contributed by atoms with Gasteiger partial charge in [-0.2, -0.15) is 5.10 Å². The molecule has 0 fully saturated rings. The molecular formula is C25H29N3O4. The zero-order chi connectivity index (χ0) is 22.7. The number of methoxy groups -OCH3 is 1. The topological polar surface area (TPSA) is 87.7 Å². The molecular weight excluding hydrogens is 406 g/mol. The fourth-order valence-electron chi connectivity index (χ4n) is 4.03. The van der Waals surface area contributed by atoms with Crippen LogP contribution in [0.15, 0.2) is 48.5 Å². The fourth-order valence-corrected chi connectivity index (χ4v) is 4.03. The minimum atomic E-state index is -0.366. The van der Waals surface area contributed by atoms with Crippen molar-refractivity contribution in [3.8, 4) is 22.8 Å². The van der Waals surface area contributed by atoms with Crippen LogP contribution in [0.2, 0.25) is 0 Å². The molecule has 1 aliphatic heterocycles. The average Bonchev–Trinajstić information content (AvgIpc) is 3.31. The van der Waals surface area contributed by atoms with Crippen molar-refractivity contribution in [2.24, 2.45) is 5.92 Å². The summed E-state index contributed by atoms with van der Waals surface area (Å²) < 4.78 is 11.2. The lowest BCUT2D eigenvalue weighted by Crippen LogP contribution is -2.32. The highest BCUT2D eigenvalue weighted by molar-refractivity contribution is 6.00. The van der Waals surface area contributed by atoms with E-state index in [1.807, 2.05) is 30.3 Å². The molecule has 2 aromatic carbocycles. The molecule has 2 N–H and O–H groups in total. The van der Waals surface area contributed by atoms with Gasteiger partial charge in [-0.1, -0.05) is 38.1 Å². The Bertz CT molecular complexity index is 1090. The van der Waals surface area contributed by atoms with Crippen LogP contribution in [0.25, 0.3) is 11.3 Å². The van der Waals surface area contributed by atoms with E-state index in [0.29, 0.717) is 42.6 Å². The van der Waals surface area contributed by atoms with Gasteiger partial charge < -0.3 is 19.5 Å². The van der Waals surface area contributed by atoms with E-state index in [-0.39, 0.29) is 17.7 Å². The first-order chi connectivity index (χ1) is 15.5. The third-order valence-electron chi connectivity index (χ3n) is 5.70. The second-order valence-electron chi connectivity index (χ2n) is 8.38. The number of phenols is 1. The Morgan fingerprint density at radius 3 is 2.72 bits per heavy atom. The van der Waals surface area contributed by atoms with Crippen LogP contribution in [0.1, 0.15) is 47.9 Å². The molecule has 1 aromatic heterocycles. The van der Waals surface area contributed by atoms with Gasteiger partial charge in [0.1, 0.15) is 22.9 Å². The molecule has 1 unspecified atom stereocenters. The molecule has 7 nitrogen and oxygen atoms in total. The molecule has 1 aliphatic rings. The van der Waals surface area contributed by atoms with E-state index in [4.69, 9.17) is 9.47 Å². The smallest absolute Gasteiger partial charge is 0.273 e. The monoisotopic (exact) mass is 435 g/mol. The normalized spacial score (nSPS) is 15.4. The maximum absolute atomic E-state index is 13.3. The highest BCUT2D eigenvalue weighted by Crippen LogP contribution is 2.44. The number of rotatable bonds is 9. The number of nitrogens with one attached hydrogen (secondary N) is 1. The zero-order valence-corrected chi connectivity index (χ0v) is 18.7. The quantitative estimate of drug-likeness (QED) is 0.520. The molecule has 0 bridgehead atoms. The number of fused-ring (bicyclic) bond motifs is 1. The van der Waals surface area contributed by atoms with E-state index >= 15 is 0 Å². The zero-order valence-electron chi connectivity index (χ0n) is 18.7. The van der Waals surface area contributed by atoms with Gasteiger partial charge in [-0.05, 0) is 42.2 Å². The molecule has 32 heavy (non-hydrogen) atoms. The molecule has 0 radical (unpaired) electrons. The summed E-state index contributed by atoms with van der Waals surface area (Å²) in [5, 5.41) is 17.7. The summed E-state index contributed by atoms with van der Waals surface area (Å²) in [6.07, 6.45) is 0.968. The Morgan fingerprint density at radius 1 is 1.16 bits per heavy atom. The SMILES string of the molecule is COCCN1C(=O)c2[nH]nc(-c3ccccc3O)c2C1c1cccc(OCCC(C)C)c1. The van der Waals surface area contributed by atoms with E-state index in [1.165, 1.54) is 0 Å². The number of amides is 1. The molecule has 1 atom stereocenters. The lowest BCUT2D eigenvalue weighted by molar-refractivity contribution is 0.0677. The van der Waals surface area contributed by atoms with Gasteiger partial charge >= 0.3 is 0 Å². The molecule has 2 heterocycles. The summed E-state index contributed by atoms with van der Waals surface area (Å²) in [7, 11) is 1.62. The highest BCUT2D eigenvalue weighted by Gasteiger charge is 2.42. The largest absolute Gasteiger partial charge is 0.507 e. The predicted molar refractivity (Wildman–Crippen MR) is 122 cm³/mol. The van der Waals surface area contributed by atoms with Crippen molar-refractivity contribution in [2.75, 3.05) is 26.9 Å². The van der Waals surface area contributed by atoms with Crippen molar-refractivity contribution in [1.29, 1.82) is 0 Å². The standard InChI is InChI=1S/C25H29N3O4/c1-16(2)11-13-32-18-8-6-7-17(15-18)24-21-22(19-9-4-5-10-20(19)29)26-27-23(21)25(30)28(24)12-14-31-3/h4-10,15-16,24,29H,11-14H2,1-3H3,(H,26,27). The number of H-pyrrole nitrogens is 1. The maximum atomic E-state index is 13.3. The first-order valence-corrected chi connectivity index (χ1v) is 10.9.